The molecule has 0 aliphatic heterocycles. The molecule has 0 saturated heterocycles. The van der Waals surface area contributed by atoms with E-state index in [0.717, 1.165) is 11.3 Å². The number of hydrogen-bond acceptors (Lipinski definition) is 3. The van der Waals surface area contributed by atoms with Crippen molar-refractivity contribution in [3.63, 3.8) is 0 Å². The van der Waals surface area contributed by atoms with E-state index in [9.17, 15) is 4.79 Å². The lowest BCUT2D eigenvalue weighted by molar-refractivity contribution is 0.105. The number of Topliss-reactive ketones (excluding diaryl/α,β-unsaturated/α-hetero) is 1. The van der Waals surface area contributed by atoms with Gasteiger partial charge in [0.2, 0.25) is 5.78 Å². The summed E-state index contributed by atoms with van der Waals surface area (Å²) < 4.78 is 5.12. The molecule has 0 aliphatic carbocycles. The van der Waals surface area contributed by atoms with Gasteiger partial charge in [-0.25, -0.2) is 0 Å². The van der Waals surface area contributed by atoms with Crippen LogP contribution >= 0.6 is 0 Å². The fourth-order valence-corrected chi connectivity index (χ4v) is 1.25. The average Bonchev–Trinajstić information content (AvgIpc) is 2.25. The second-order valence-electron chi connectivity index (χ2n) is 3.64. The standard InChI is InChI=1S/C13H15NO2/c1-10-9-11(5-6-13(10)16-4)12(15)7-8-14(2)3/h5-6,9H,1-4H3. The van der Waals surface area contributed by atoms with Gasteiger partial charge >= 0.3 is 0 Å². The van der Waals surface area contributed by atoms with Crippen LogP contribution in [0.5, 0.6) is 5.75 Å². The topological polar surface area (TPSA) is 29.5 Å². The lowest BCUT2D eigenvalue weighted by Gasteiger charge is -2.04. The summed E-state index contributed by atoms with van der Waals surface area (Å²) in [5.41, 5.74) is 1.52. The molecule has 0 heterocycles. The molecule has 1 rings (SSSR count). The lowest BCUT2D eigenvalue weighted by atomic mass is 10.1. The SMILES string of the molecule is COc1ccc(C(=O)C#CN(C)C)cc1C. The Bertz CT molecular complexity index is 453. The van der Waals surface area contributed by atoms with E-state index in [-0.39, 0.29) is 5.78 Å². The van der Waals surface area contributed by atoms with Gasteiger partial charge in [0.25, 0.3) is 0 Å². The smallest absolute Gasteiger partial charge is 0.237 e. The van der Waals surface area contributed by atoms with Crippen molar-refractivity contribution in [3.05, 3.63) is 29.3 Å². The van der Waals surface area contributed by atoms with E-state index in [1.807, 2.05) is 6.92 Å². The number of carbonyl (C=O) groups is 1. The van der Waals surface area contributed by atoms with Gasteiger partial charge in [-0.05, 0) is 36.6 Å². The highest BCUT2D eigenvalue weighted by molar-refractivity contribution is 6.09. The van der Waals surface area contributed by atoms with Gasteiger partial charge in [0, 0.05) is 25.7 Å². The summed E-state index contributed by atoms with van der Waals surface area (Å²) in [6.45, 7) is 1.90. The minimum absolute atomic E-state index is 0.181. The molecule has 0 amide bonds. The van der Waals surface area contributed by atoms with Crippen LogP contribution in [0.25, 0.3) is 0 Å². The Morgan fingerprint density at radius 3 is 2.56 bits per heavy atom. The highest BCUT2D eigenvalue weighted by Gasteiger charge is 2.05. The van der Waals surface area contributed by atoms with Gasteiger partial charge < -0.3 is 9.64 Å². The highest BCUT2D eigenvalue weighted by Crippen LogP contribution is 2.18. The van der Waals surface area contributed by atoms with E-state index in [4.69, 9.17) is 4.74 Å². The van der Waals surface area contributed by atoms with E-state index in [1.54, 1.807) is 44.3 Å². The summed E-state index contributed by atoms with van der Waals surface area (Å²) in [5, 5.41) is 0. The van der Waals surface area contributed by atoms with Gasteiger partial charge in [0.05, 0.1) is 7.11 Å². The van der Waals surface area contributed by atoms with Crippen LogP contribution in [-0.2, 0) is 0 Å². The zero-order chi connectivity index (χ0) is 12.1. The molecule has 0 radical (unpaired) electrons. The van der Waals surface area contributed by atoms with Gasteiger partial charge in [0.15, 0.2) is 0 Å². The van der Waals surface area contributed by atoms with Crippen molar-refractivity contribution < 1.29 is 9.53 Å². The quantitative estimate of drug-likeness (QED) is 0.429. The van der Waals surface area contributed by atoms with Crippen LogP contribution in [-0.4, -0.2) is 31.9 Å². The van der Waals surface area contributed by atoms with Crippen molar-refractivity contribution in [2.45, 2.75) is 6.92 Å². The van der Waals surface area contributed by atoms with Crippen LogP contribution < -0.4 is 4.74 Å². The third kappa shape index (κ3) is 3.03. The first-order chi connectivity index (χ1) is 7.54. The molecule has 0 bridgehead atoms. The van der Waals surface area contributed by atoms with E-state index < -0.39 is 0 Å². The minimum Gasteiger partial charge on any atom is -0.496 e. The van der Waals surface area contributed by atoms with Crippen LogP contribution in [0, 0.1) is 18.9 Å². The van der Waals surface area contributed by atoms with Gasteiger partial charge in [-0.3, -0.25) is 4.79 Å². The Balaban J connectivity index is 2.95. The summed E-state index contributed by atoms with van der Waals surface area (Å²) in [6, 6.07) is 7.98. The largest absolute Gasteiger partial charge is 0.496 e. The Morgan fingerprint density at radius 2 is 2.06 bits per heavy atom. The molecular formula is C13H15NO2. The summed E-state index contributed by atoms with van der Waals surface area (Å²) >= 11 is 0. The number of methoxy groups -OCH3 is 1. The number of ketones is 1. The molecule has 16 heavy (non-hydrogen) atoms. The van der Waals surface area contributed by atoms with E-state index >= 15 is 0 Å². The Kier molecular flexibility index (Phi) is 3.96. The first-order valence-electron chi connectivity index (χ1n) is 4.92. The molecular weight excluding hydrogens is 202 g/mol. The summed E-state index contributed by atoms with van der Waals surface area (Å²) in [5.74, 6) is 3.15. The van der Waals surface area contributed by atoms with Gasteiger partial charge in [-0.1, -0.05) is 0 Å². The van der Waals surface area contributed by atoms with E-state index in [0.29, 0.717) is 5.56 Å². The Morgan fingerprint density at radius 1 is 1.38 bits per heavy atom. The van der Waals surface area contributed by atoms with Crippen molar-refractivity contribution in [3.8, 4) is 17.7 Å². The molecule has 0 spiro atoms. The molecule has 3 nitrogen and oxygen atoms in total. The predicted molar refractivity (Wildman–Crippen MR) is 63.5 cm³/mol. The lowest BCUT2D eigenvalue weighted by Crippen LogP contribution is -2.04. The van der Waals surface area contributed by atoms with Crippen LogP contribution in [0.15, 0.2) is 18.2 Å². The van der Waals surface area contributed by atoms with Gasteiger partial charge in [-0.2, -0.15) is 0 Å². The molecule has 84 valence electrons. The molecule has 0 fully saturated rings. The molecule has 0 atom stereocenters. The normalized spacial score (nSPS) is 9.00. The molecule has 0 aromatic heterocycles. The Hall–Kier alpha value is -1.95. The van der Waals surface area contributed by atoms with Crippen molar-refractivity contribution in [1.29, 1.82) is 0 Å². The monoisotopic (exact) mass is 217 g/mol. The average molecular weight is 217 g/mol. The van der Waals surface area contributed by atoms with E-state index in [1.165, 1.54) is 0 Å². The zero-order valence-electron chi connectivity index (χ0n) is 10.00. The number of benzene rings is 1. The van der Waals surface area contributed by atoms with Crippen LogP contribution in [0.4, 0.5) is 0 Å². The van der Waals surface area contributed by atoms with Crippen LogP contribution in [0.2, 0.25) is 0 Å². The summed E-state index contributed by atoms with van der Waals surface area (Å²) in [7, 11) is 5.19. The maximum Gasteiger partial charge on any atom is 0.237 e. The maximum atomic E-state index is 11.7. The fourth-order valence-electron chi connectivity index (χ4n) is 1.25. The molecule has 1 aromatic carbocycles. The maximum absolute atomic E-state index is 11.7. The van der Waals surface area contributed by atoms with E-state index in [2.05, 4.69) is 12.0 Å². The fraction of sp³-hybridized carbons (Fsp3) is 0.308. The first-order valence-corrected chi connectivity index (χ1v) is 4.92. The predicted octanol–water partition coefficient (Wildman–Crippen LogP) is 1.71. The third-order valence-corrected chi connectivity index (χ3v) is 2.05. The summed E-state index contributed by atoms with van der Waals surface area (Å²) in [6.07, 6.45) is 0. The molecule has 1 aromatic rings. The molecule has 3 heteroatoms. The second kappa shape index (κ2) is 5.22. The number of nitrogens with zero attached hydrogens (tertiary/aromatic N) is 1. The Labute approximate surface area is 96.0 Å². The van der Waals surface area contributed by atoms with Gasteiger partial charge in [0.1, 0.15) is 5.75 Å². The second-order valence-corrected chi connectivity index (χ2v) is 3.64. The number of ether oxygens (including phenoxy) is 1. The zero-order valence-corrected chi connectivity index (χ0v) is 10.00. The number of aryl methyl sites for hydroxylation is 1. The van der Waals surface area contributed by atoms with Crippen molar-refractivity contribution in [1.82, 2.24) is 4.90 Å². The number of rotatable bonds is 2. The molecule has 0 saturated carbocycles. The van der Waals surface area contributed by atoms with Crippen molar-refractivity contribution >= 4 is 5.78 Å². The van der Waals surface area contributed by atoms with Crippen LogP contribution in [0.1, 0.15) is 15.9 Å². The first kappa shape index (κ1) is 12.1. The summed E-state index contributed by atoms with van der Waals surface area (Å²) in [4.78, 5) is 13.3. The number of carbonyl (C=O) groups excluding carboxylic acids is 1. The molecule has 0 N–H and O–H groups in total. The molecule has 0 aliphatic rings. The van der Waals surface area contributed by atoms with Crippen LogP contribution in [0.3, 0.4) is 0 Å². The number of hydrogen-bond donors (Lipinski definition) is 0. The minimum atomic E-state index is -0.181. The van der Waals surface area contributed by atoms with Gasteiger partial charge in [-0.15, -0.1) is 0 Å². The van der Waals surface area contributed by atoms with Crippen molar-refractivity contribution in [2.24, 2.45) is 0 Å². The van der Waals surface area contributed by atoms with Crippen molar-refractivity contribution in [2.75, 3.05) is 21.2 Å². The third-order valence-electron chi connectivity index (χ3n) is 2.05. The molecule has 0 unspecified atom stereocenters. The highest BCUT2D eigenvalue weighted by atomic mass is 16.5.